The fraction of sp³-hybridized carbons (Fsp3) is 0.348. The lowest BCUT2D eigenvalue weighted by Crippen LogP contribution is -2.40. The maximum atomic E-state index is 12.7. The number of nitrogens with zero attached hydrogens (tertiary/aromatic N) is 4. The summed E-state index contributed by atoms with van der Waals surface area (Å²) in [6.07, 6.45) is 3.09. The molecule has 154 valence electrons. The SMILES string of the molecule is O=C(OCC1c2ccccc2-c2ccccc21)N1CCC(n2cc(CO)nn2)CC1. The number of benzene rings is 2. The number of carbonyl (C=O) groups is 1. The molecule has 1 aliphatic carbocycles. The summed E-state index contributed by atoms with van der Waals surface area (Å²) in [5.74, 6) is 0.0749. The topological polar surface area (TPSA) is 80.5 Å². The highest BCUT2D eigenvalue weighted by molar-refractivity contribution is 5.79. The van der Waals surface area contributed by atoms with Crippen molar-refractivity contribution in [2.75, 3.05) is 19.7 Å². The molecule has 0 bridgehead atoms. The highest BCUT2D eigenvalue weighted by Crippen LogP contribution is 2.44. The summed E-state index contributed by atoms with van der Waals surface area (Å²) in [5.41, 5.74) is 5.45. The van der Waals surface area contributed by atoms with Gasteiger partial charge in [-0.1, -0.05) is 53.7 Å². The number of hydrogen-bond acceptors (Lipinski definition) is 5. The van der Waals surface area contributed by atoms with Gasteiger partial charge < -0.3 is 14.7 Å². The van der Waals surface area contributed by atoms with Crippen LogP contribution in [0.2, 0.25) is 0 Å². The summed E-state index contributed by atoms with van der Waals surface area (Å²) in [7, 11) is 0. The quantitative estimate of drug-likeness (QED) is 0.721. The van der Waals surface area contributed by atoms with E-state index in [1.807, 2.05) is 24.3 Å². The Labute approximate surface area is 174 Å². The Kier molecular flexibility index (Phi) is 4.96. The molecule has 1 saturated heterocycles. The van der Waals surface area contributed by atoms with E-state index in [9.17, 15) is 4.79 Å². The van der Waals surface area contributed by atoms with Crippen molar-refractivity contribution in [1.29, 1.82) is 0 Å². The monoisotopic (exact) mass is 404 g/mol. The standard InChI is InChI=1S/C23H24N4O3/c28-14-16-13-27(25-24-16)17-9-11-26(12-10-17)23(29)30-15-22-20-7-3-1-5-18(20)19-6-2-4-8-21(19)22/h1-8,13,17,22,28H,9-12,14-15H2. The van der Waals surface area contributed by atoms with Crippen molar-refractivity contribution >= 4 is 6.09 Å². The lowest BCUT2D eigenvalue weighted by Gasteiger charge is -2.31. The molecule has 0 radical (unpaired) electrons. The molecule has 0 saturated carbocycles. The summed E-state index contributed by atoms with van der Waals surface area (Å²) >= 11 is 0. The molecule has 30 heavy (non-hydrogen) atoms. The number of fused-ring (bicyclic) bond motifs is 3. The molecule has 3 aromatic rings. The van der Waals surface area contributed by atoms with Gasteiger partial charge in [0.2, 0.25) is 0 Å². The molecule has 2 aliphatic rings. The molecule has 1 amide bonds. The van der Waals surface area contributed by atoms with Crippen molar-refractivity contribution in [3.8, 4) is 11.1 Å². The molecule has 7 nitrogen and oxygen atoms in total. The molecule has 7 heteroatoms. The third kappa shape index (κ3) is 3.35. The van der Waals surface area contributed by atoms with E-state index in [0.29, 0.717) is 25.4 Å². The fourth-order valence-corrected chi connectivity index (χ4v) is 4.56. The van der Waals surface area contributed by atoms with Gasteiger partial charge in [0, 0.05) is 19.0 Å². The Morgan fingerprint density at radius 1 is 1.03 bits per heavy atom. The first-order valence-corrected chi connectivity index (χ1v) is 10.4. The van der Waals surface area contributed by atoms with E-state index in [1.54, 1.807) is 15.8 Å². The van der Waals surface area contributed by atoms with Crippen LogP contribution in [0.5, 0.6) is 0 Å². The van der Waals surface area contributed by atoms with E-state index in [4.69, 9.17) is 9.84 Å². The fourth-order valence-electron chi connectivity index (χ4n) is 4.56. The van der Waals surface area contributed by atoms with Crippen molar-refractivity contribution in [3.63, 3.8) is 0 Å². The minimum Gasteiger partial charge on any atom is -0.448 e. The predicted molar refractivity (Wildman–Crippen MR) is 111 cm³/mol. The van der Waals surface area contributed by atoms with E-state index in [0.717, 1.165) is 12.8 Å². The van der Waals surface area contributed by atoms with Gasteiger partial charge in [-0.25, -0.2) is 9.48 Å². The molecule has 0 spiro atoms. The summed E-state index contributed by atoms with van der Waals surface area (Å²) in [6, 6.07) is 16.9. The Bertz CT molecular complexity index is 1010. The van der Waals surface area contributed by atoms with Gasteiger partial charge in [-0.3, -0.25) is 0 Å². The molecule has 0 unspecified atom stereocenters. The highest BCUT2D eigenvalue weighted by atomic mass is 16.6. The van der Waals surface area contributed by atoms with Gasteiger partial charge in [-0.2, -0.15) is 0 Å². The number of hydrogen-bond donors (Lipinski definition) is 1. The van der Waals surface area contributed by atoms with E-state index in [1.165, 1.54) is 22.3 Å². The number of aromatic nitrogens is 3. The number of ether oxygens (including phenoxy) is 1. The first kappa shape index (κ1) is 18.8. The minimum absolute atomic E-state index is 0.0749. The largest absolute Gasteiger partial charge is 0.448 e. The molecular formula is C23H24N4O3. The molecule has 1 aromatic heterocycles. The zero-order valence-corrected chi connectivity index (χ0v) is 16.6. The van der Waals surface area contributed by atoms with Crippen LogP contribution in [0.4, 0.5) is 4.79 Å². The van der Waals surface area contributed by atoms with E-state index in [2.05, 4.69) is 34.6 Å². The first-order valence-electron chi connectivity index (χ1n) is 10.4. The van der Waals surface area contributed by atoms with E-state index >= 15 is 0 Å². The lowest BCUT2D eigenvalue weighted by molar-refractivity contribution is 0.0852. The number of carbonyl (C=O) groups excluding carboxylic acids is 1. The molecule has 0 atom stereocenters. The molecule has 5 rings (SSSR count). The minimum atomic E-state index is -0.259. The molecule has 1 N–H and O–H groups in total. The smallest absolute Gasteiger partial charge is 0.409 e. The Hall–Kier alpha value is -3.19. The summed E-state index contributed by atoms with van der Waals surface area (Å²) in [4.78, 5) is 14.5. The zero-order valence-electron chi connectivity index (χ0n) is 16.6. The molecular weight excluding hydrogens is 380 g/mol. The maximum Gasteiger partial charge on any atom is 0.409 e. The second-order valence-electron chi connectivity index (χ2n) is 7.87. The number of aliphatic hydroxyl groups excluding tert-OH is 1. The Morgan fingerprint density at radius 3 is 2.27 bits per heavy atom. The average Bonchev–Trinajstić information content (AvgIpc) is 3.41. The molecule has 1 fully saturated rings. The van der Waals surface area contributed by atoms with Gasteiger partial charge in [-0.05, 0) is 35.1 Å². The van der Waals surface area contributed by atoms with Crippen molar-refractivity contribution in [2.45, 2.75) is 31.4 Å². The summed E-state index contributed by atoms with van der Waals surface area (Å²) in [6.45, 7) is 1.47. The van der Waals surface area contributed by atoms with Gasteiger partial charge in [0.1, 0.15) is 12.3 Å². The van der Waals surface area contributed by atoms with Crippen LogP contribution in [0.1, 0.15) is 41.6 Å². The predicted octanol–water partition coefficient (Wildman–Crippen LogP) is 3.36. The summed E-state index contributed by atoms with van der Waals surface area (Å²) < 4.78 is 7.55. The van der Waals surface area contributed by atoms with Crippen LogP contribution in [-0.4, -0.2) is 50.8 Å². The lowest BCUT2D eigenvalue weighted by atomic mass is 9.98. The van der Waals surface area contributed by atoms with E-state index in [-0.39, 0.29) is 24.7 Å². The number of likely N-dealkylation sites (tertiary alicyclic amines) is 1. The van der Waals surface area contributed by atoms with Crippen LogP contribution in [0.15, 0.2) is 54.7 Å². The second kappa shape index (κ2) is 7.91. The highest BCUT2D eigenvalue weighted by Gasteiger charge is 2.31. The van der Waals surface area contributed by atoms with Crippen molar-refractivity contribution in [3.05, 3.63) is 71.5 Å². The van der Waals surface area contributed by atoms with Gasteiger partial charge in [0.25, 0.3) is 0 Å². The van der Waals surface area contributed by atoms with Crippen molar-refractivity contribution < 1.29 is 14.6 Å². The van der Waals surface area contributed by atoms with Crippen LogP contribution in [0.3, 0.4) is 0 Å². The number of amides is 1. The number of aliphatic hydroxyl groups is 1. The third-order valence-electron chi connectivity index (χ3n) is 6.15. The van der Waals surface area contributed by atoms with Crippen LogP contribution < -0.4 is 0 Å². The van der Waals surface area contributed by atoms with Crippen LogP contribution in [0, 0.1) is 0 Å². The average molecular weight is 404 g/mol. The molecule has 2 aromatic carbocycles. The normalized spacial score (nSPS) is 16.4. The maximum absolute atomic E-state index is 12.7. The third-order valence-corrected chi connectivity index (χ3v) is 6.15. The van der Waals surface area contributed by atoms with Gasteiger partial charge >= 0.3 is 6.09 Å². The molecule has 1 aliphatic heterocycles. The van der Waals surface area contributed by atoms with Crippen LogP contribution >= 0.6 is 0 Å². The Balaban J connectivity index is 1.21. The second-order valence-corrected chi connectivity index (χ2v) is 7.87. The van der Waals surface area contributed by atoms with E-state index < -0.39 is 0 Å². The first-order chi connectivity index (χ1) is 14.7. The molecule has 2 heterocycles. The number of rotatable bonds is 4. The number of piperidine rings is 1. The van der Waals surface area contributed by atoms with Crippen molar-refractivity contribution in [2.24, 2.45) is 0 Å². The van der Waals surface area contributed by atoms with Crippen molar-refractivity contribution in [1.82, 2.24) is 19.9 Å². The van der Waals surface area contributed by atoms with Gasteiger partial charge in [0.05, 0.1) is 18.8 Å². The zero-order chi connectivity index (χ0) is 20.5. The van der Waals surface area contributed by atoms with Gasteiger partial charge in [0.15, 0.2) is 0 Å². The Morgan fingerprint density at radius 2 is 1.67 bits per heavy atom. The summed E-state index contributed by atoms with van der Waals surface area (Å²) in [5, 5.41) is 17.2. The van der Waals surface area contributed by atoms with Crippen LogP contribution in [0.25, 0.3) is 11.1 Å². The van der Waals surface area contributed by atoms with Gasteiger partial charge in [-0.15, -0.1) is 5.10 Å². The van der Waals surface area contributed by atoms with Crippen LogP contribution in [-0.2, 0) is 11.3 Å².